The van der Waals surface area contributed by atoms with Gasteiger partial charge >= 0.3 is 0 Å². The highest BCUT2D eigenvalue weighted by Gasteiger charge is 2.22. The Bertz CT molecular complexity index is 421. The van der Waals surface area contributed by atoms with Gasteiger partial charge in [-0.25, -0.2) is 0 Å². The third-order valence-electron chi connectivity index (χ3n) is 3.84. The van der Waals surface area contributed by atoms with Crippen LogP contribution in [0.15, 0.2) is 24.3 Å². The zero-order valence-corrected chi connectivity index (χ0v) is 15.0. The van der Waals surface area contributed by atoms with E-state index in [4.69, 9.17) is 4.43 Å². The smallest absolute Gasteiger partial charge is 0.242 e. The first-order valence-electron chi connectivity index (χ1n) is 8.23. The Hall–Kier alpha value is -0.843. The predicted molar refractivity (Wildman–Crippen MR) is 92.5 cm³/mol. The summed E-state index contributed by atoms with van der Waals surface area (Å²) in [6, 6.07) is 9.38. The van der Waals surface area contributed by atoms with E-state index in [0.717, 1.165) is 31.9 Å². The molecule has 0 aliphatic carbocycles. The van der Waals surface area contributed by atoms with Gasteiger partial charge in [-0.1, -0.05) is 25.5 Å². The van der Waals surface area contributed by atoms with Gasteiger partial charge in [0.15, 0.2) is 0 Å². The fraction of sp³-hybridized carbons (Fsp3) is 0.647. The zero-order chi connectivity index (χ0) is 15.3. The quantitative estimate of drug-likeness (QED) is 0.812. The van der Waals surface area contributed by atoms with Crippen molar-refractivity contribution in [3.05, 3.63) is 29.8 Å². The molecule has 0 saturated carbocycles. The van der Waals surface area contributed by atoms with Crippen molar-refractivity contribution in [3.8, 4) is 5.75 Å². The lowest BCUT2D eigenvalue weighted by Crippen LogP contribution is -2.45. The second-order valence-electron chi connectivity index (χ2n) is 6.87. The third kappa shape index (κ3) is 5.13. The zero-order valence-electron chi connectivity index (χ0n) is 14.0. The lowest BCUT2D eigenvalue weighted by atomic mass is 10.00. The average molecular weight is 307 g/mol. The summed E-state index contributed by atoms with van der Waals surface area (Å²) in [4.78, 5) is 2.62. The number of hydrogen-bond donors (Lipinski definition) is 1. The SMILES string of the molecule is CCC[C@@H](c1ccc(O[Si](C)(C)C)cc1)N1CCNCC1. The molecule has 0 radical (unpaired) electrons. The first-order chi connectivity index (χ1) is 9.99. The topological polar surface area (TPSA) is 24.5 Å². The average Bonchev–Trinajstić information content (AvgIpc) is 2.45. The molecule has 1 saturated heterocycles. The molecule has 118 valence electrons. The number of nitrogens with one attached hydrogen (secondary N) is 1. The Morgan fingerprint density at radius 1 is 1.14 bits per heavy atom. The summed E-state index contributed by atoms with van der Waals surface area (Å²) in [5.41, 5.74) is 1.43. The van der Waals surface area contributed by atoms with E-state index in [2.05, 4.69) is 61.0 Å². The standard InChI is InChI=1S/C17H30N2OSi/c1-5-6-17(19-13-11-18-12-14-19)15-7-9-16(10-8-15)20-21(2,3)4/h7-10,17-18H,5-6,11-14H2,1-4H3/t17-/m0/s1. The first-order valence-corrected chi connectivity index (χ1v) is 11.6. The van der Waals surface area contributed by atoms with E-state index in [1.807, 2.05) is 0 Å². The lowest BCUT2D eigenvalue weighted by molar-refractivity contribution is 0.164. The lowest BCUT2D eigenvalue weighted by Gasteiger charge is -2.35. The molecule has 1 heterocycles. The molecule has 0 aromatic heterocycles. The molecule has 3 nitrogen and oxygen atoms in total. The van der Waals surface area contributed by atoms with E-state index in [1.54, 1.807) is 0 Å². The third-order valence-corrected chi connectivity index (χ3v) is 4.69. The van der Waals surface area contributed by atoms with Gasteiger partial charge in [0.2, 0.25) is 8.32 Å². The molecule has 1 fully saturated rings. The summed E-state index contributed by atoms with van der Waals surface area (Å²) in [7, 11) is -1.51. The maximum Gasteiger partial charge on any atom is 0.242 e. The second kappa shape index (κ2) is 7.43. The Kier molecular flexibility index (Phi) is 5.85. The van der Waals surface area contributed by atoms with Crippen LogP contribution < -0.4 is 9.74 Å². The Morgan fingerprint density at radius 2 is 1.76 bits per heavy atom. The van der Waals surface area contributed by atoms with Crippen LogP contribution in [0.1, 0.15) is 31.4 Å². The molecular weight excluding hydrogens is 276 g/mol. The van der Waals surface area contributed by atoms with E-state index in [0.29, 0.717) is 6.04 Å². The molecule has 1 aliphatic rings. The van der Waals surface area contributed by atoms with Crippen molar-refractivity contribution in [1.82, 2.24) is 10.2 Å². The van der Waals surface area contributed by atoms with Gasteiger partial charge in [0.05, 0.1) is 0 Å². The highest BCUT2D eigenvalue weighted by atomic mass is 28.4. The highest BCUT2D eigenvalue weighted by Crippen LogP contribution is 2.28. The van der Waals surface area contributed by atoms with Gasteiger partial charge in [0.1, 0.15) is 5.75 Å². The van der Waals surface area contributed by atoms with Gasteiger partial charge in [0.25, 0.3) is 0 Å². The molecule has 0 unspecified atom stereocenters. The van der Waals surface area contributed by atoms with Crippen molar-refractivity contribution in [2.45, 2.75) is 45.4 Å². The fourth-order valence-electron chi connectivity index (χ4n) is 2.94. The van der Waals surface area contributed by atoms with Gasteiger partial charge in [0, 0.05) is 32.2 Å². The van der Waals surface area contributed by atoms with Crippen molar-refractivity contribution in [1.29, 1.82) is 0 Å². The minimum Gasteiger partial charge on any atom is -0.544 e. The van der Waals surface area contributed by atoms with Gasteiger partial charge in [-0.3, -0.25) is 4.90 Å². The van der Waals surface area contributed by atoms with Crippen molar-refractivity contribution < 1.29 is 4.43 Å². The molecule has 4 heteroatoms. The predicted octanol–water partition coefficient (Wildman–Crippen LogP) is 3.65. The highest BCUT2D eigenvalue weighted by molar-refractivity contribution is 6.70. The number of piperazine rings is 1. The largest absolute Gasteiger partial charge is 0.544 e. The first kappa shape index (κ1) is 16.5. The van der Waals surface area contributed by atoms with Crippen LogP contribution in [0.25, 0.3) is 0 Å². The molecule has 21 heavy (non-hydrogen) atoms. The molecular formula is C17H30N2OSi. The van der Waals surface area contributed by atoms with Crippen molar-refractivity contribution in [3.63, 3.8) is 0 Å². The molecule has 0 spiro atoms. The molecule has 1 aromatic carbocycles. The fourth-order valence-corrected chi connectivity index (χ4v) is 3.78. The van der Waals surface area contributed by atoms with E-state index in [-0.39, 0.29) is 0 Å². The van der Waals surface area contributed by atoms with Crippen LogP contribution in [-0.2, 0) is 0 Å². The number of hydrogen-bond acceptors (Lipinski definition) is 3. The monoisotopic (exact) mass is 306 g/mol. The summed E-state index contributed by atoms with van der Waals surface area (Å²) in [5.74, 6) is 1.02. The van der Waals surface area contributed by atoms with Crippen LogP contribution in [0.4, 0.5) is 0 Å². The number of rotatable bonds is 6. The van der Waals surface area contributed by atoms with E-state index < -0.39 is 8.32 Å². The van der Waals surface area contributed by atoms with Crippen molar-refractivity contribution in [2.75, 3.05) is 26.2 Å². The summed E-state index contributed by atoms with van der Waals surface area (Å²) in [5, 5.41) is 3.44. The molecule has 1 N–H and O–H groups in total. The van der Waals surface area contributed by atoms with Gasteiger partial charge in [-0.05, 0) is 43.8 Å². The number of benzene rings is 1. The maximum absolute atomic E-state index is 6.06. The minimum absolute atomic E-state index is 0.554. The summed E-state index contributed by atoms with van der Waals surface area (Å²) in [6.45, 7) is 13.5. The van der Waals surface area contributed by atoms with E-state index in [1.165, 1.54) is 18.4 Å². The second-order valence-corrected chi connectivity index (χ2v) is 11.3. The summed E-state index contributed by atoms with van der Waals surface area (Å²) in [6.07, 6.45) is 2.45. The normalized spacial score (nSPS) is 18.5. The van der Waals surface area contributed by atoms with Crippen molar-refractivity contribution in [2.24, 2.45) is 0 Å². The van der Waals surface area contributed by atoms with Gasteiger partial charge in [-0.15, -0.1) is 0 Å². The van der Waals surface area contributed by atoms with Crippen LogP contribution in [0, 0.1) is 0 Å². The Labute approximate surface area is 130 Å². The van der Waals surface area contributed by atoms with Crippen molar-refractivity contribution >= 4 is 8.32 Å². The molecule has 2 rings (SSSR count). The molecule has 0 bridgehead atoms. The maximum atomic E-state index is 6.06. The summed E-state index contributed by atoms with van der Waals surface area (Å²) >= 11 is 0. The molecule has 1 atom stereocenters. The van der Waals surface area contributed by atoms with Crippen LogP contribution in [0.2, 0.25) is 19.6 Å². The summed E-state index contributed by atoms with van der Waals surface area (Å²) < 4.78 is 6.06. The van der Waals surface area contributed by atoms with E-state index >= 15 is 0 Å². The van der Waals surface area contributed by atoms with Crippen LogP contribution in [0.5, 0.6) is 5.75 Å². The minimum atomic E-state index is -1.51. The van der Waals surface area contributed by atoms with Crippen LogP contribution >= 0.6 is 0 Å². The molecule has 1 aromatic rings. The van der Waals surface area contributed by atoms with Crippen LogP contribution in [-0.4, -0.2) is 39.4 Å². The van der Waals surface area contributed by atoms with Gasteiger partial charge in [-0.2, -0.15) is 0 Å². The number of nitrogens with zero attached hydrogens (tertiary/aromatic N) is 1. The van der Waals surface area contributed by atoms with E-state index in [9.17, 15) is 0 Å². The van der Waals surface area contributed by atoms with Gasteiger partial charge < -0.3 is 9.74 Å². The Balaban J connectivity index is 2.09. The van der Waals surface area contributed by atoms with Crippen LogP contribution in [0.3, 0.4) is 0 Å². The Morgan fingerprint density at radius 3 is 2.29 bits per heavy atom. The molecule has 1 aliphatic heterocycles. The molecule has 0 amide bonds.